The molecule has 1 atom stereocenters. The number of carbonyl (C=O) groups excluding carboxylic acids is 1. The van der Waals surface area contributed by atoms with E-state index in [9.17, 15) is 4.79 Å². The zero-order chi connectivity index (χ0) is 23.7. The third kappa shape index (κ3) is 4.10. The van der Waals surface area contributed by atoms with E-state index < -0.39 is 6.04 Å². The summed E-state index contributed by atoms with van der Waals surface area (Å²) in [5.74, 6) is 2.21. The molecule has 1 aromatic heterocycles. The normalized spacial score (nSPS) is 17.0. The largest absolute Gasteiger partial charge is 0.490 e. The van der Waals surface area contributed by atoms with Crippen LogP contribution in [0.2, 0.25) is 0 Å². The van der Waals surface area contributed by atoms with Crippen molar-refractivity contribution in [3.8, 4) is 11.5 Å². The number of nitrogens with one attached hydrogen (secondary N) is 2. The average Bonchev–Trinajstić information content (AvgIpc) is 3.06. The summed E-state index contributed by atoms with van der Waals surface area (Å²) in [5.41, 5.74) is 3.82. The van der Waals surface area contributed by atoms with E-state index in [4.69, 9.17) is 14.2 Å². The topological polar surface area (TPSA) is 99.5 Å². The van der Waals surface area contributed by atoms with Gasteiger partial charge in [0.25, 0.3) is 5.91 Å². The maximum atomic E-state index is 13.6. The zero-order valence-corrected chi connectivity index (χ0v) is 19.4. The summed E-state index contributed by atoms with van der Waals surface area (Å²) >= 11 is 0. The number of rotatable bonds is 5. The maximum Gasteiger partial charge on any atom is 0.255 e. The van der Waals surface area contributed by atoms with Crippen LogP contribution in [0.4, 0.5) is 11.6 Å². The van der Waals surface area contributed by atoms with Crippen molar-refractivity contribution >= 4 is 17.5 Å². The van der Waals surface area contributed by atoms with Crippen LogP contribution in [-0.2, 0) is 16.1 Å². The number of fused-ring (bicyclic) bond motifs is 2. The van der Waals surface area contributed by atoms with Gasteiger partial charge in [0.05, 0.1) is 18.8 Å². The minimum absolute atomic E-state index is 0.217. The van der Waals surface area contributed by atoms with Gasteiger partial charge in [-0.25, -0.2) is 4.68 Å². The Morgan fingerprint density at radius 2 is 1.97 bits per heavy atom. The molecule has 5 rings (SSSR count). The lowest BCUT2D eigenvalue weighted by Crippen LogP contribution is -2.31. The molecule has 0 saturated carbocycles. The molecule has 2 N–H and O–H groups in total. The minimum Gasteiger partial charge on any atom is -0.490 e. The molecule has 0 fully saturated rings. The standard InChI is InChI=1S/C25H27N5O4/c1-15-7-4-5-8-18(15)27-24(31)22-16(2)26-25-28-21(14-32-3)29-30(25)23(22)17-9-10-19-20(13-17)34-12-6-11-33-19/h4-5,7-10,13,23H,6,11-12,14H2,1-3H3,(H,27,31)(H,26,28,29). The number of anilines is 2. The molecule has 2 aromatic carbocycles. The maximum absolute atomic E-state index is 13.6. The highest BCUT2D eigenvalue weighted by Crippen LogP contribution is 2.40. The van der Waals surface area contributed by atoms with Gasteiger partial charge in [-0.3, -0.25) is 4.79 Å². The molecule has 0 bridgehead atoms. The van der Waals surface area contributed by atoms with Gasteiger partial charge in [0.2, 0.25) is 5.95 Å². The Bertz CT molecular complexity index is 1270. The molecule has 34 heavy (non-hydrogen) atoms. The Kier molecular flexibility index (Phi) is 5.93. The number of methoxy groups -OCH3 is 1. The van der Waals surface area contributed by atoms with Crippen LogP contribution in [0.1, 0.15) is 36.3 Å². The second-order valence-electron chi connectivity index (χ2n) is 8.32. The monoisotopic (exact) mass is 461 g/mol. The fraction of sp³-hybridized carbons (Fsp3) is 0.320. The Morgan fingerprint density at radius 1 is 1.18 bits per heavy atom. The molecule has 9 nitrogen and oxygen atoms in total. The first-order valence-electron chi connectivity index (χ1n) is 11.2. The third-order valence-electron chi connectivity index (χ3n) is 5.90. The van der Waals surface area contributed by atoms with Gasteiger partial charge in [-0.05, 0) is 43.2 Å². The fourth-order valence-corrected chi connectivity index (χ4v) is 4.24. The summed E-state index contributed by atoms with van der Waals surface area (Å²) in [6.07, 6.45) is 0.814. The number of hydrogen-bond acceptors (Lipinski definition) is 7. The molecule has 176 valence electrons. The second kappa shape index (κ2) is 9.18. The van der Waals surface area contributed by atoms with E-state index in [0.29, 0.717) is 47.8 Å². The lowest BCUT2D eigenvalue weighted by atomic mass is 9.94. The van der Waals surface area contributed by atoms with Crippen molar-refractivity contribution in [1.82, 2.24) is 14.8 Å². The number of aromatic nitrogens is 3. The summed E-state index contributed by atoms with van der Waals surface area (Å²) in [5, 5.41) is 11.0. The SMILES string of the molecule is COCc1nc2n(n1)C(c1ccc3c(c1)OCCCO3)C(C(=O)Nc1ccccc1C)=C(C)N2. The summed E-state index contributed by atoms with van der Waals surface area (Å²) < 4.78 is 18.7. The van der Waals surface area contributed by atoms with Crippen molar-refractivity contribution in [2.45, 2.75) is 32.9 Å². The summed E-state index contributed by atoms with van der Waals surface area (Å²) in [6, 6.07) is 12.9. The number of hydrogen-bond donors (Lipinski definition) is 2. The fourth-order valence-electron chi connectivity index (χ4n) is 4.24. The Hall–Kier alpha value is -3.85. The van der Waals surface area contributed by atoms with Crippen molar-refractivity contribution in [3.63, 3.8) is 0 Å². The van der Waals surface area contributed by atoms with Crippen LogP contribution in [0.25, 0.3) is 0 Å². The number of para-hydroxylation sites is 1. The molecule has 3 aromatic rings. The lowest BCUT2D eigenvalue weighted by molar-refractivity contribution is -0.113. The van der Waals surface area contributed by atoms with Crippen LogP contribution >= 0.6 is 0 Å². The minimum atomic E-state index is -0.518. The molecule has 1 unspecified atom stereocenters. The molecule has 0 radical (unpaired) electrons. The summed E-state index contributed by atoms with van der Waals surface area (Å²) in [7, 11) is 1.60. The lowest BCUT2D eigenvalue weighted by Gasteiger charge is -2.29. The van der Waals surface area contributed by atoms with Gasteiger partial charge in [-0.1, -0.05) is 24.3 Å². The average molecular weight is 462 g/mol. The van der Waals surface area contributed by atoms with E-state index in [1.165, 1.54) is 0 Å². The van der Waals surface area contributed by atoms with Crippen LogP contribution in [0.3, 0.4) is 0 Å². The number of nitrogens with zero attached hydrogens (tertiary/aromatic N) is 3. The second-order valence-corrected chi connectivity index (χ2v) is 8.32. The van der Waals surface area contributed by atoms with E-state index in [1.807, 2.05) is 56.3 Å². The number of ether oxygens (including phenoxy) is 3. The van der Waals surface area contributed by atoms with Crippen LogP contribution in [0.15, 0.2) is 53.7 Å². The van der Waals surface area contributed by atoms with Gasteiger partial charge in [-0.15, -0.1) is 0 Å². The number of allylic oxidation sites excluding steroid dienone is 1. The number of carbonyl (C=O) groups is 1. The van der Waals surface area contributed by atoms with Crippen molar-refractivity contribution in [3.05, 3.63) is 70.7 Å². The summed E-state index contributed by atoms with van der Waals surface area (Å²) in [4.78, 5) is 18.2. The van der Waals surface area contributed by atoms with Crippen LogP contribution in [0.5, 0.6) is 11.5 Å². The molecule has 2 aliphatic heterocycles. The van der Waals surface area contributed by atoms with Crippen molar-refractivity contribution in [1.29, 1.82) is 0 Å². The van der Waals surface area contributed by atoms with E-state index >= 15 is 0 Å². The highest BCUT2D eigenvalue weighted by molar-refractivity contribution is 6.06. The Balaban J connectivity index is 1.59. The van der Waals surface area contributed by atoms with Crippen molar-refractivity contribution in [2.24, 2.45) is 0 Å². The molecule has 0 aliphatic carbocycles. The first-order chi connectivity index (χ1) is 16.5. The van der Waals surface area contributed by atoms with Gasteiger partial charge in [0, 0.05) is 24.9 Å². The first kappa shape index (κ1) is 22.0. The van der Waals surface area contributed by atoms with E-state index in [2.05, 4.69) is 20.7 Å². The van der Waals surface area contributed by atoms with Gasteiger partial charge in [0.15, 0.2) is 17.3 Å². The van der Waals surface area contributed by atoms with E-state index in [0.717, 1.165) is 23.2 Å². The predicted molar refractivity (Wildman–Crippen MR) is 127 cm³/mol. The van der Waals surface area contributed by atoms with Gasteiger partial charge < -0.3 is 24.8 Å². The highest BCUT2D eigenvalue weighted by Gasteiger charge is 2.35. The van der Waals surface area contributed by atoms with E-state index in [1.54, 1.807) is 11.8 Å². The third-order valence-corrected chi connectivity index (χ3v) is 5.90. The molecule has 1 amide bonds. The van der Waals surface area contributed by atoms with Gasteiger partial charge in [-0.2, -0.15) is 10.1 Å². The van der Waals surface area contributed by atoms with Gasteiger partial charge in [0.1, 0.15) is 12.6 Å². The predicted octanol–water partition coefficient (Wildman–Crippen LogP) is 3.82. The number of aryl methyl sites for hydroxylation is 1. The molecular formula is C25H27N5O4. The highest BCUT2D eigenvalue weighted by atomic mass is 16.5. The van der Waals surface area contributed by atoms with Gasteiger partial charge >= 0.3 is 0 Å². The smallest absolute Gasteiger partial charge is 0.255 e. The summed E-state index contributed by atoms with van der Waals surface area (Å²) in [6.45, 7) is 5.28. The van der Waals surface area contributed by atoms with Crippen molar-refractivity contribution in [2.75, 3.05) is 31.0 Å². The van der Waals surface area contributed by atoms with Crippen LogP contribution in [-0.4, -0.2) is 41.0 Å². The van der Waals surface area contributed by atoms with Crippen LogP contribution < -0.4 is 20.1 Å². The quantitative estimate of drug-likeness (QED) is 0.596. The molecule has 0 saturated heterocycles. The number of benzene rings is 2. The van der Waals surface area contributed by atoms with Crippen molar-refractivity contribution < 1.29 is 19.0 Å². The van der Waals surface area contributed by atoms with Crippen LogP contribution in [0, 0.1) is 6.92 Å². The Labute approximate surface area is 197 Å². The molecule has 9 heteroatoms. The molecule has 3 heterocycles. The zero-order valence-electron chi connectivity index (χ0n) is 19.4. The first-order valence-corrected chi connectivity index (χ1v) is 11.2. The van der Waals surface area contributed by atoms with E-state index in [-0.39, 0.29) is 12.5 Å². The molecule has 2 aliphatic rings. The molecular weight excluding hydrogens is 434 g/mol. The molecule has 0 spiro atoms. The number of amides is 1. The Morgan fingerprint density at radius 3 is 2.76 bits per heavy atom.